The molecule has 0 spiro atoms. The summed E-state index contributed by atoms with van der Waals surface area (Å²) >= 11 is 0. The zero-order valence-corrected chi connectivity index (χ0v) is 15.6. The highest BCUT2D eigenvalue weighted by Gasteiger charge is 2.47. The minimum atomic E-state index is -1.25. The zero-order chi connectivity index (χ0) is 19.8. The summed E-state index contributed by atoms with van der Waals surface area (Å²) in [4.78, 5) is 27.8. The first-order chi connectivity index (χ1) is 13.0. The number of aliphatic hydroxyl groups is 2. The summed E-state index contributed by atoms with van der Waals surface area (Å²) in [5.41, 5.74) is 4.79. The van der Waals surface area contributed by atoms with Gasteiger partial charge in [0.15, 0.2) is 12.3 Å². The van der Waals surface area contributed by atoms with Gasteiger partial charge < -0.3 is 25.4 Å². The van der Waals surface area contributed by atoms with Gasteiger partial charge in [-0.2, -0.15) is 4.98 Å². The van der Waals surface area contributed by atoms with E-state index in [1.165, 1.54) is 18.7 Å². The van der Waals surface area contributed by atoms with E-state index in [0.29, 0.717) is 6.42 Å². The molecule has 0 aromatic carbocycles. The highest BCUT2D eigenvalue weighted by Crippen LogP contribution is 2.31. The van der Waals surface area contributed by atoms with Crippen LogP contribution in [0.15, 0.2) is 17.1 Å². The maximum atomic E-state index is 12.2. The van der Waals surface area contributed by atoms with Gasteiger partial charge in [0.1, 0.15) is 18.0 Å². The zero-order valence-electron chi connectivity index (χ0n) is 15.6. The maximum absolute atomic E-state index is 12.2. The predicted octanol–water partition coefficient (Wildman–Crippen LogP) is 0.738. The van der Waals surface area contributed by atoms with Crippen LogP contribution in [0.3, 0.4) is 0 Å². The molecule has 0 amide bonds. The van der Waals surface area contributed by atoms with Gasteiger partial charge in [-0.15, -0.1) is 0 Å². The molecule has 1 aromatic rings. The lowest BCUT2D eigenvalue weighted by atomic mass is 10.1. The van der Waals surface area contributed by atoms with E-state index < -0.39 is 42.8 Å². The third-order valence-electron chi connectivity index (χ3n) is 4.62. The fraction of sp³-hybridized carbons (Fsp3) is 0.722. The van der Waals surface area contributed by atoms with Gasteiger partial charge in [-0.1, -0.05) is 39.0 Å². The normalized spacial score (nSPS) is 24.9. The Hall–Kier alpha value is -1.97. The number of nitrogens with zero attached hydrogens (tertiary/aromatic N) is 2. The smallest absolute Gasteiger partial charge is 0.351 e. The molecule has 27 heavy (non-hydrogen) atoms. The Bertz CT molecular complexity index is 665. The monoisotopic (exact) mass is 383 g/mol. The fourth-order valence-corrected chi connectivity index (χ4v) is 3.10. The molecule has 0 radical (unpaired) electrons. The molecular formula is C18H29N3O6. The molecule has 1 saturated heterocycles. The van der Waals surface area contributed by atoms with Gasteiger partial charge in [0.2, 0.25) is 0 Å². The van der Waals surface area contributed by atoms with Crippen LogP contribution in [0.5, 0.6) is 0 Å². The molecule has 4 N–H and O–H groups in total. The number of esters is 1. The van der Waals surface area contributed by atoms with Crippen LogP contribution in [0, 0.1) is 0 Å². The molecule has 0 saturated carbocycles. The summed E-state index contributed by atoms with van der Waals surface area (Å²) in [7, 11) is 0. The van der Waals surface area contributed by atoms with Crippen LogP contribution in [-0.4, -0.2) is 50.7 Å². The Balaban J connectivity index is 1.98. The number of unbranched alkanes of at least 4 members (excludes halogenated alkanes) is 5. The number of nitrogens with two attached hydrogens (primary N) is 1. The molecule has 1 aromatic heterocycles. The Morgan fingerprint density at radius 2 is 2.04 bits per heavy atom. The van der Waals surface area contributed by atoms with Gasteiger partial charge in [-0.3, -0.25) is 9.36 Å². The van der Waals surface area contributed by atoms with Gasteiger partial charge in [-0.05, 0) is 12.5 Å². The quantitative estimate of drug-likeness (QED) is 0.397. The van der Waals surface area contributed by atoms with Crippen molar-refractivity contribution in [2.45, 2.75) is 76.4 Å². The molecule has 4 atom stereocenters. The highest BCUT2D eigenvalue weighted by molar-refractivity contribution is 5.69. The molecule has 2 rings (SSSR count). The first-order valence-corrected chi connectivity index (χ1v) is 9.46. The summed E-state index contributed by atoms with van der Waals surface area (Å²) in [6.45, 7) is 1.67. The number of aliphatic hydroxyl groups excluding tert-OH is 2. The number of rotatable bonds is 10. The van der Waals surface area contributed by atoms with Gasteiger partial charge in [0.05, 0.1) is 6.61 Å². The summed E-state index contributed by atoms with van der Waals surface area (Å²) in [5, 5.41) is 19.7. The third kappa shape index (κ3) is 5.75. The Morgan fingerprint density at radius 3 is 2.70 bits per heavy atom. The molecular weight excluding hydrogens is 354 g/mol. The van der Waals surface area contributed by atoms with E-state index in [1.807, 2.05) is 0 Å². The Kier molecular flexibility index (Phi) is 8.21. The van der Waals surface area contributed by atoms with Gasteiger partial charge in [-0.25, -0.2) is 4.79 Å². The molecule has 152 valence electrons. The standard InChI is InChI=1S/C18H29N3O6/c1-2-3-4-5-6-7-8-14(23)27-16-15(24)12(11-22)26-17(16)21-10-9-13(19)20-18(21)25/h9-10,12,15-17,22,24H,2-8,11H2,1H3,(H2,19,20,25)/t12-,15-,16+,17-/m1/s1. The number of ether oxygens (including phenoxy) is 2. The van der Waals surface area contributed by atoms with E-state index in [9.17, 15) is 19.8 Å². The lowest BCUT2D eigenvalue weighted by Crippen LogP contribution is -2.39. The van der Waals surface area contributed by atoms with Crippen molar-refractivity contribution >= 4 is 11.8 Å². The van der Waals surface area contributed by atoms with Crippen LogP contribution in [-0.2, 0) is 14.3 Å². The first kappa shape index (κ1) is 21.3. The average molecular weight is 383 g/mol. The summed E-state index contributed by atoms with van der Waals surface area (Å²) in [5.74, 6) is -0.427. The van der Waals surface area contributed by atoms with E-state index in [1.54, 1.807) is 0 Å². The van der Waals surface area contributed by atoms with Crippen LogP contribution >= 0.6 is 0 Å². The van der Waals surface area contributed by atoms with Crippen LogP contribution in [0.4, 0.5) is 5.82 Å². The molecule has 0 aliphatic carbocycles. The third-order valence-corrected chi connectivity index (χ3v) is 4.62. The van der Waals surface area contributed by atoms with E-state index in [-0.39, 0.29) is 12.2 Å². The molecule has 0 unspecified atom stereocenters. The second-order valence-electron chi connectivity index (χ2n) is 6.75. The van der Waals surface area contributed by atoms with E-state index in [2.05, 4.69) is 11.9 Å². The minimum absolute atomic E-state index is 0.0464. The second kappa shape index (κ2) is 10.4. The minimum Gasteiger partial charge on any atom is -0.455 e. The largest absolute Gasteiger partial charge is 0.455 e. The number of aromatic nitrogens is 2. The molecule has 1 fully saturated rings. The van der Waals surface area contributed by atoms with Crippen LogP contribution in [0.2, 0.25) is 0 Å². The summed E-state index contributed by atoms with van der Waals surface area (Å²) < 4.78 is 12.0. The highest BCUT2D eigenvalue weighted by atomic mass is 16.6. The van der Waals surface area contributed by atoms with Crippen LogP contribution < -0.4 is 11.4 Å². The first-order valence-electron chi connectivity index (χ1n) is 9.46. The summed E-state index contributed by atoms with van der Waals surface area (Å²) in [6.07, 6.45) is 3.36. The lowest BCUT2D eigenvalue weighted by molar-refractivity contribution is -0.159. The van der Waals surface area contributed by atoms with E-state index >= 15 is 0 Å². The number of hydrogen-bond acceptors (Lipinski definition) is 8. The molecule has 1 aliphatic rings. The predicted molar refractivity (Wildman–Crippen MR) is 97.8 cm³/mol. The Labute approximate surface area is 158 Å². The van der Waals surface area contributed by atoms with Crippen molar-refractivity contribution in [2.75, 3.05) is 12.3 Å². The topological polar surface area (TPSA) is 137 Å². The number of hydrogen-bond donors (Lipinski definition) is 3. The molecule has 9 heteroatoms. The van der Waals surface area contributed by atoms with Crippen molar-refractivity contribution in [2.24, 2.45) is 0 Å². The van der Waals surface area contributed by atoms with Crippen molar-refractivity contribution in [1.29, 1.82) is 0 Å². The van der Waals surface area contributed by atoms with E-state index in [4.69, 9.17) is 15.2 Å². The van der Waals surface area contributed by atoms with Crippen molar-refractivity contribution < 1.29 is 24.5 Å². The van der Waals surface area contributed by atoms with Crippen LogP contribution in [0.25, 0.3) is 0 Å². The number of anilines is 1. The van der Waals surface area contributed by atoms with Crippen molar-refractivity contribution in [1.82, 2.24) is 9.55 Å². The van der Waals surface area contributed by atoms with Crippen molar-refractivity contribution in [3.63, 3.8) is 0 Å². The average Bonchev–Trinajstić information content (AvgIpc) is 2.94. The van der Waals surface area contributed by atoms with E-state index in [0.717, 1.165) is 30.3 Å². The molecule has 2 heterocycles. The second-order valence-corrected chi connectivity index (χ2v) is 6.75. The lowest BCUT2D eigenvalue weighted by Gasteiger charge is -2.22. The molecule has 1 aliphatic heterocycles. The number of carbonyl (C=O) groups is 1. The van der Waals surface area contributed by atoms with Crippen molar-refractivity contribution in [3.05, 3.63) is 22.7 Å². The maximum Gasteiger partial charge on any atom is 0.351 e. The van der Waals surface area contributed by atoms with Crippen LogP contribution in [0.1, 0.15) is 58.1 Å². The molecule has 0 bridgehead atoms. The SMILES string of the molecule is CCCCCCCCC(=O)O[C@H]1[C@H](O)[C@@H](CO)O[C@H]1n1ccc(N)nc1=O. The van der Waals surface area contributed by atoms with Gasteiger partial charge >= 0.3 is 11.7 Å². The van der Waals surface area contributed by atoms with Gasteiger partial charge in [0, 0.05) is 12.6 Å². The Morgan fingerprint density at radius 1 is 1.33 bits per heavy atom. The number of nitrogen functional groups attached to an aromatic ring is 1. The van der Waals surface area contributed by atoms with Crippen molar-refractivity contribution in [3.8, 4) is 0 Å². The number of carbonyl (C=O) groups excluding carboxylic acids is 1. The fourth-order valence-electron chi connectivity index (χ4n) is 3.10. The molecule has 9 nitrogen and oxygen atoms in total. The summed E-state index contributed by atoms with van der Waals surface area (Å²) in [6, 6.07) is 1.40. The van der Waals surface area contributed by atoms with Gasteiger partial charge in [0.25, 0.3) is 0 Å².